The minimum Gasteiger partial charge on any atom is -0.419 e. The smallest absolute Gasteiger partial charge is 0.247 e. The maximum atomic E-state index is 12.9. The molecule has 3 aromatic rings. The fraction of sp³-hybridized carbons (Fsp3) is 0.176. The third-order valence-electron chi connectivity index (χ3n) is 3.44. The lowest BCUT2D eigenvalue weighted by Crippen LogP contribution is -2.24. The zero-order chi connectivity index (χ0) is 17.9. The molecule has 1 N–H and O–H groups in total. The van der Waals surface area contributed by atoms with E-state index in [0.29, 0.717) is 11.1 Å². The van der Waals surface area contributed by atoms with Gasteiger partial charge < -0.3 is 4.42 Å². The Hall–Kier alpha value is -2.58. The maximum absolute atomic E-state index is 12.9. The monoisotopic (exact) mass is 361 g/mol. The number of hydrogen-bond donors (Lipinski definition) is 1. The van der Waals surface area contributed by atoms with Gasteiger partial charge in [0.2, 0.25) is 21.8 Å². The predicted octanol–water partition coefficient (Wildman–Crippen LogP) is 2.80. The minimum absolute atomic E-state index is 0.109. The van der Waals surface area contributed by atoms with Crippen LogP contribution in [0, 0.1) is 12.7 Å². The van der Waals surface area contributed by atoms with Gasteiger partial charge in [-0.05, 0) is 36.8 Å². The average Bonchev–Trinajstić information content (AvgIpc) is 3.02. The van der Waals surface area contributed by atoms with E-state index in [1.54, 1.807) is 6.07 Å². The van der Waals surface area contributed by atoms with Crippen LogP contribution in [0.25, 0.3) is 11.5 Å². The Bertz CT molecular complexity index is 969. The summed E-state index contributed by atoms with van der Waals surface area (Å²) in [5, 5.41) is 7.64. The van der Waals surface area contributed by atoms with Crippen molar-refractivity contribution in [3.8, 4) is 11.5 Å². The molecule has 0 aliphatic rings. The molecule has 0 radical (unpaired) electrons. The number of hydrogen-bond acceptors (Lipinski definition) is 5. The summed E-state index contributed by atoms with van der Waals surface area (Å²) in [5.74, 6) is -0.166. The van der Waals surface area contributed by atoms with Gasteiger partial charge in [0.05, 0.1) is 12.3 Å². The molecule has 1 aromatic heterocycles. The molecule has 2 aromatic carbocycles. The van der Waals surface area contributed by atoms with Crippen LogP contribution in [0.15, 0.2) is 52.9 Å². The Morgan fingerprint density at radius 3 is 2.60 bits per heavy atom. The summed E-state index contributed by atoms with van der Waals surface area (Å²) in [6.07, 6.45) is 0. The van der Waals surface area contributed by atoms with Crippen molar-refractivity contribution in [3.05, 3.63) is 71.4 Å². The molecule has 3 rings (SSSR count). The normalized spacial score (nSPS) is 11.6. The number of sulfonamides is 1. The third kappa shape index (κ3) is 4.71. The van der Waals surface area contributed by atoms with E-state index >= 15 is 0 Å². The van der Waals surface area contributed by atoms with Gasteiger partial charge in [0.25, 0.3) is 0 Å². The van der Waals surface area contributed by atoms with Gasteiger partial charge in [-0.15, -0.1) is 10.2 Å². The molecule has 25 heavy (non-hydrogen) atoms. The van der Waals surface area contributed by atoms with Crippen molar-refractivity contribution in [2.24, 2.45) is 0 Å². The van der Waals surface area contributed by atoms with Crippen molar-refractivity contribution in [2.75, 3.05) is 0 Å². The molecule has 0 bridgehead atoms. The van der Waals surface area contributed by atoms with Gasteiger partial charge in [0.1, 0.15) is 5.82 Å². The molecule has 130 valence electrons. The third-order valence-corrected chi connectivity index (χ3v) is 4.74. The van der Waals surface area contributed by atoms with Gasteiger partial charge in [0.15, 0.2) is 0 Å². The lowest BCUT2D eigenvalue weighted by atomic mass is 10.2. The van der Waals surface area contributed by atoms with Crippen LogP contribution in [0.2, 0.25) is 0 Å². The van der Waals surface area contributed by atoms with E-state index in [1.165, 1.54) is 24.3 Å². The van der Waals surface area contributed by atoms with Gasteiger partial charge in [-0.2, -0.15) is 0 Å². The summed E-state index contributed by atoms with van der Waals surface area (Å²) in [4.78, 5) is 0. The molecule has 0 atom stereocenters. The van der Waals surface area contributed by atoms with Crippen LogP contribution < -0.4 is 4.72 Å². The SMILES string of the molecule is Cc1cccc(CS(=O)(=O)NCc2nnc(-c3ccc(F)cc3)o2)c1. The lowest BCUT2D eigenvalue weighted by molar-refractivity contribution is 0.494. The molecule has 0 amide bonds. The Labute approximate surface area is 144 Å². The zero-order valence-electron chi connectivity index (χ0n) is 13.4. The standard InChI is InChI=1S/C17H16FN3O3S/c1-12-3-2-4-13(9-12)11-25(22,23)19-10-16-20-21-17(24-16)14-5-7-15(18)8-6-14/h2-9,19H,10-11H2,1H3. The maximum Gasteiger partial charge on any atom is 0.247 e. The highest BCUT2D eigenvalue weighted by Gasteiger charge is 2.15. The van der Waals surface area contributed by atoms with Crippen molar-refractivity contribution in [2.45, 2.75) is 19.2 Å². The first-order valence-electron chi connectivity index (χ1n) is 7.52. The molecule has 6 nitrogen and oxygen atoms in total. The fourth-order valence-corrected chi connectivity index (χ4v) is 3.34. The number of rotatable bonds is 6. The first-order chi connectivity index (χ1) is 11.9. The van der Waals surface area contributed by atoms with Gasteiger partial charge in [0, 0.05) is 5.56 Å². The summed E-state index contributed by atoms with van der Waals surface area (Å²) in [6.45, 7) is 1.79. The number of halogens is 1. The van der Waals surface area contributed by atoms with Crippen molar-refractivity contribution >= 4 is 10.0 Å². The Balaban J connectivity index is 1.64. The summed E-state index contributed by atoms with van der Waals surface area (Å²) in [6, 6.07) is 12.9. The van der Waals surface area contributed by atoms with E-state index in [0.717, 1.165) is 5.56 Å². The van der Waals surface area contributed by atoms with E-state index in [4.69, 9.17) is 4.42 Å². The van der Waals surface area contributed by atoms with E-state index in [1.807, 2.05) is 25.1 Å². The number of aromatic nitrogens is 2. The van der Waals surface area contributed by atoms with E-state index in [-0.39, 0.29) is 29.9 Å². The van der Waals surface area contributed by atoms with Crippen molar-refractivity contribution < 1.29 is 17.2 Å². The minimum atomic E-state index is -3.54. The second kappa shape index (κ2) is 7.12. The van der Waals surface area contributed by atoms with Crippen LogP contribution in [-0.4, -0.2) is 18.6 Å². The molecular formula is C17H16FN3O3S. The zero-order valence-corrected chi connectivity index (χ0v) is 14.3. The molecule has 0 aliphatic carbocycles. The quantitative estimate of drug-likeness (QED) is 0.730. The van der Waals surface area contributed by atoms with Crippen LogP contribution in [-0.2, 0) is 22.3 Å². The summed E-state index contributed by atoms with van der Waals surface area (Å²) >= 11 is 0. The highest BCUT2D eigenvalue weighted by Crippen LogP contribution is 2.18. The Morgan fingerprint density at radius 2 is 1.88 bits per heavy atom. The van der Waals surface area contributed by atoms with Gasteiger partial charge >= 0.3 is 0 Å². The largest absolute Gasteiger partial charge is 0.419 e. The molecule has 0 spiro atoms. The average molecular weight is 361 g/mol. The first-order valence-corrected chi connectivity index (χ1v) is 9.18. The van der Waals surface area contributed by atoms with Crippen LogP contribution in [0.5, 0.6) is 0 Å². The van der Waals surface area contributed by atoms with Crippen molar-refractivity contribution in [1.29, 1.82) is 0 Å². The summed E-state index contributed by atoms with van der Waals surface area (Å²) in [5.41, 5.74) is 2.25. The van der Waals surface area contributed by atoms with Crippen LogP contribution in [0.4, 0.5) is 4.39 Å². The molecule has 0 aliphatic heterocycles. The Kier molecular flexibility index (Phi) is 4.91. The lowest BCUT2D eigenvalue weighted by Gasteiger charge is -2.05. The van der Waals surface area contributed by atoms with Crippen LogP contribution in [0.1, 0.15) is 17.0 Å². The molecule has 8 heteroatoms. The van der Waals surface area contributed by atoms with Gasteiger partial charge in [-0.3, -0.25) is 0 Å². The van der Waals surface area contributed by atoms with E-state index in [9.17, 15) is 12.8 Å². The molecule has 0 saturated carbocycles. The second-order valence-corrected chi connectivity index (χ2v) is 7.38. The summed E-state index contributed by atoms with van der Waals surface area (Å²) in [7, 11) is -3.54. The van der Waals surface area contributed by atoms with Crippen LogP contribution >= 0.6 is 0 Å². The van der Waals surface area contributed by atoms with Crippen LogP contribution in [0.3, 0.4) is 0 Å². The highest BCUT2D eigenvalue weighted by molar-refractivity contribution is 7.88. The molecule has 0 saturated heterocycles. The van der Waals surface area contributed by atoms with Gasteiger partial charge in [-0.25, -0.2) is 17.5 Å². The fourth-order valence-electron chi connectivity index (χ4n) is 2.28. The Morgan fingerprint density at radius 1 is 1.12 bits per heavy atom. The molecular weight excluding hydrogens is 345 g/mol. The van der Waals surface area contributed by atoms with E-state index < -0.39 is 10.0 Å². The second-order valence-electron chi connectivity index (χ2n) is 5.58. The topological polar surface area (TPSA) is 85.1 Å². The molecule has 0 unspecified atom stereocenters. The number of nitrogens with one attached hydrogen (secondary N) is 1. The summed E-state index contributed by atoms with van der Waals surface area (Å²) < 4.78 is 45.1. The van der Waals surface area contributed by atoms with E-state index in [2.05, 4.69) is 14.9 Å². The first kappa shape index (κ1) is 17.2. The molecule has 0 fully saturated rings. The number of aryl methyl sites for hydroxylation is 1. The van der Waals surface area contributed by atoms with Gasteiger partial charge in [-0.1, -0.05) is 29.8 Å². The van der Waals surface area contributed by atoms with Crippen molar-refractivity contribution in [1.82, 2.24) is 14.9 Å². The number of benzene rings is 2. The highest BCUT2D eigenvalue weighted by atomic mass is 32.2. The number of nitrogens with zero attached hydrogens (tertiary/aromatic N) is 2. The van der Waals surface area contributed by atoms with Crippen molar-refractivity contribution in [3.63, 3.8) is 0 Å². The predicted molar refractivity (Wildman–Crippen MR) is 90.3 cm³/mol. The molecule has 1 heterocycles.